The molecule has 0 bridgehead atoms. The van der Waals surface area contributed by atoms with Gasteiger partial charge < -0.3 is 9.32 Å². The molecule has 2 nitrogen and oxygen atoms in total. The molecule has 0 N–H and O–H groups in total. The monoisotopic (exact) mass is 791 g/mol. The quantitative estimate of drug-likeness (QED) is 0.145. The molecule has 0 atom stereocenters. The van der Waals surface area contributed by atoms with Gasteiger partial charge in [0.25, 0.3) is 0 Å². The molecule has 0 unspecified atom stereocenters. The Labute approximate surface area is 362 Å². The standard InChI is InChI=1S/C60H41NO/c1-3-13-42(14-4-1)47-17-9-19-49(39-47)44-27-33-53(34-28-44)61(54-35-29-45(30-36-54)50-20-10-18-48(40-50)43-15-5-2-6-16-43)55-37-31-46(32-38-55)51-21-11-22-52(41-51)56-24-12-25-58-57-23-7-8-26-59(57)62-60(56)58/h1-41H. The first-order chi connectivity index (χ1) is 30.7. The summed E-state index contributed by atoms with van der Waals surface area (Å²) in [5, 5.41) is 2.27. The van der Waals surface area contributed by atoms with E-state index in [0.29, 0.717) is 0 Å². The van der Waals surface area contributed by atoms with Crippen molar-refractivity contribution in [1.29, 1.82) is 0 Å². The first-order valence-corrected chi connectivity index (χ1v) is 21.2. The van der Waals surface area contributed by atoms with E-state index in [2.05, 4.69) is 241 Å². The second kappa shape index (κ2) is 16.1. The van der Waals surface area contributed by atoms with Gasteiger partial charge in [0.05, 0.1) is 0 Å². The van der Waals surface area contributed by atoms with Gasteiger partial charge in [-0.2, -0.15) is 0 Å². The molecule has 292 valence electrons. The molecule has 0 amide bonds. The number of para-hydroxylation sites is 2. The molecule has 0 fully saturated rings. The number of hydrogen-bond donors (Lipinski definition) is 0. The lowest BCUT2D eigenvalue weighted by Crippen LogP contribution is -2.09. The molecule has 0 aliphatic rings. The lowest BCUT2D eigenvalue weighted by atomic mass is 9.97. The maximum Gasteiger partial charge on any atom is 0.143 e. The van der Waals surface area contributed by atoms with Gasteiger partial charge in [0.2, 0.25) is 0 Å². The van der Waals surface area contributed by atoms with Gasteiger partial charge in [-0.25, -0.2) is 0 Å². The van der Waals surface area contributed by atoms with Crippen molar-refractivity contribution in [2.24, 2.45) is 0 Å². The third-order valence-electron chi connectivity index (χ3n) is 11.9. The molecule has 0 aliphatic carbocycles. The highest BCUT2D eigenvalue weighted by Crippen LogP contribution is 2.40. The fraction of sp³-hybridized carbons (Fsp3) is 0. The van der Waals surface area contributed by atoms with Crippen LogP contribution < -0.4 is 4.90 Å². The molecule has 0 saturated heterocycles. The van der Waals surface area contributed by atoms with E-state index in [4.69, 9.17) is 4.42 Å². The maximum absolute atomic E-state index is 6.42. The van der Waals surface area contributed by atoms with Crippen LogP contribution in [0.5, 0.6) is 0 Å². The lowest BCUT2D eigenvalue weighted by molar-refractivity contribution is 0.670. The number of fused-ring (bicyclic) bond motifs is 3. The molecule has 2 heteroatoms. The summed E-state index contributed by atoms with van der Waals surface area (Å²) in [4.78, 5) is 2.34. The van der Waals surface area contributed by atoms with Gasteiger partial charge in [-0.3, -0.25) is 0 Å². The predicted octanol–water partition coefficient (Wildman–Crippen LogP) is 17.1. The molecule has 1 aromatic heterocycles. The van der Waals surface area contributed by atoms with Gasteiger partial charge in [0, 0.05) is 33.4 Å². The van der Waals surface area contributed by atoms with E-state index in [1.165, 1.54) is 44.5 Å². The van der Waals surface area contributed by atoms with E-state index in [1.54, 1.807) is 0 Å². The maximum atomic E-state index is 6.42. The first-order valence-electron chi connectivity index (χ1n) is 21.2. The molecule has 1 heterocycles. The third kappa shape index (κ3) is 7.14. The fourth-order valence-corrected chi connectivity index (χ4v) is 8.71. The van der Waals surface area contributed by atoms with Gasteiger partial charge in [-0.05, 0) is 122 Å². The zero-order valence-electron chi connectivity index (χ0n) is 34.0. The minimum absolute atomic E-state index is 0.907. The molecule has 11 aromatic rings. The van der Waals surface area contributed by atoms with Crippen molar-refractivity contribution in [3.8, 4) is 66.8 Å². The van der Waals surface area contributed by atoms with Crippen LogP contribution in [0.2, 0.25) is 0 Å². The Morgan fingerprint density at radius 1 is 0.242 bits per heavy atom. The molecular weight excluding hydrogens is 751 g/mol. The molecule has 0 spiro atoms. The molecular formula is C60H41NO. The molecule has 11 rings (SSSR count). The summed E-state index contributed by atoms with van der Waals surface area (Å²) >= 11 is 0. The van der Waals surface area contributed by atoms with Gasteiger partial charge in [0.1, 0.15) is 11.2 Å². The highest BCUT2D eigenvalue weighted by Gasteiger charge is 2.16. The average molecular weight is 792 g/mol. The highest BCUT2D eigenvalue weighted by molar-refractivity contribution is 6.09. The second-order valence-electron chi connectivity index (χ2n) is 15.7. The number of anilines is 3. The minimum Gasteiger partial charge on any atom is -0.455 e. The SMILES string of the molecule is c1ccc(-c2cccc(-c3ccc(N(c4ccc(-c5cccc(-c6ccccc6)c5)cc4)c4ccc(-c5cccc(-c6cccc7c6oc6ccccc67)c5)cc4)cc3)c2)cc1. The number of nitrogens with zero attached hydrogens (tertiary/aromatic N) is 1. The van der Waals surface area contributed by atoms with Crippen LogP contribution in [0.4, 0.5) is 17.1 Å². The highest BCUT2D eigenvalue weighted by atomic mass is 16.3. The van der Waals surface area contributed by atoms with Crippen molar-refractivity contribution >= 4 is 39.0 Å². The molecule has 0 aliphatic heterocycles. The van der Waals surface area contributed by atoms with Crippen LogP contribution in [0.25, 0.3) is 88.7 Å². The Kier molecular flexibility index (Phi) is 9.57. The summed E-state index contributed by atoms with van der Waals surface area (Å²) in [5.41, 5.74) is 19.2. The topological polar surface area (TPSA) is 16.4 Å². The zero-order valence-corrected chi connectivity index (χ0v) is 34.0. The Morgan fingerprint density at radius 3 is 1.05 bits per heavy atom. The van der Waals surface area contributed by atoms with Crippen molar-refractivity contribution < 1.29 is 4.42 Å². The number of furan rings is 1. The zero-order chi connectivity index (χ0) is 41.2. The van der Waals surface area contributed by atoms with Gasteiger partial charge in [0.15, 0.2) is 0 Å². The van der Waals surface area contributed by atoms with Gasteiger partial charge in [-0.15, -0.1) is 0 Å². The summed E-state index contributed by atoms with van der Waals surface area (Å²) in [6.45, 7) is 0. The molecule has 10 aromatic carbocycles. The normalized spacial score (nSPS) is 11.2. The first kappa shape index (κ1) is 36.8. The fourth-order valence-electron chi connectivity index (χ4n) is 8.71. The van der Waals surface area contributed by atoms with Crippen molar-refractivity contribution in [3.63, 3.8) is 0 Å². The summed E-state index contributed by atoms with van der Waals surface area (Å²) in [6, 6.07) is 89.0. The Bertz CT molecular complexity index is 3180. The van der Waals surface area contributed by atoms with Crippen LogP contribution in [-0.2, 0) is 0 Å². The van der Waals surface area contributed by atoms with E-state index < -0.39 is 0 Å². The third-order valence-corrected chi connectivity index (χ3v) is 11.9. The van der Waals surface area contributed by atoms with Crippen molar-refractivity contribution in [2.75, 3.05) is 4.90 Å². The molecule has 0 saturated carbocycles. The van der Waals surface area contributed by atoms with Crippen molar-refractivity contribution in [2.45, 2.75) is 0 Å². The van der Waals surface area contributed by atoms with Crippen LogP contribution in [0.15, 0.2) is 253 Å². The smallest absolute Gasteiger partial charge is 0.143 e. The average Bonchev–Trinajstić information content (AvgIpc) is 3.75. The van der Waals surface area contributed by atoms with Crippen LogP contribution in [-0.4, -0.2) is 0 Å². The van der Waals surface area contributed by atoms with E-state index in [9.17, 15) is 0 Å². The van der Waals surface area contributed by atoms with Crippen LogP contribution in [0.3, 0.4) is 0 Å². The Balaban J connectivity index is 0.940. The number of rotatable bonds is 9. The second-order valence-corrected chi connectivity index (χ2v) is 15.7. The van der Waals surface area contributed by atoms with Crippen molar-refractivity contribution in [3.05, 3.63) is 249 Å². The molecule has 0 radical (unpaired) electrons. The number of hydrogen-bond acceptors (Lipinski definition) is 2. The van der Waals surface area contributed by atoms with E-state index in [0.717, 1.165) is 61.3 Å². The minimum atomic E-state index is 0.907. The molecule has 62 heavy (non-hydrogen) atoms. The predicted molar refractivity (Wildman–Crippen MR) is 261 cm³/mol. The Morgan fingerprint density at radius 2 is 0.581 bits per heavy atom. The van der Waals surface area contributed by atoms with E-state index in [-0.39, 0.29) is 0 Å². The summed E-state index contributed by atoms with van der Waals surface area (Å²) in [5.74, 6) is 0. The van der Waals surface area contributed by atoms with E-state index in [1.807, 2.05) is 12.1 Å². The Hall–Kier alpha value is -8.20. The number of benzene rings is 10. The van der Waals surface area contributed by atoms with Crippen LogP contribution in [0, 0.1) is 0 Å². The van der Waals surface area contributed by atoms with Crippen molar-refractivity contribution in [1.82, 2.24) is 0 Å². The lowest BCUT2D eigenvalue weighted by Gasteiger charge is -2.26. The summed E-state index contributed by atoms with van der Waals surface area (Å²) in [6.07, 6.45) is 0. The van der Waals surface area contributed by atoms with Gasteiger partial charge in [-0.1, -0.05) is 188 Å². The van der Waals surface area contributed by atoms with Crippen LogP contribution in [0.1, 0.15) is 0 Å². The van der Waals surface area contributed by atoms with Gasteiger partial charge >= 0.3 is 0 Å². The van der Waals surface area contributed by atoms with Crippen LogP contribution >= 0.6 is 0 Å². The summed E-state index contributed by atoms with van der Waals surface area (Å²) < 4.78 is 6.42. The largest absolute Gasteiger partial charge is 0.455 e. The summed E-state index contributed by atoms with van der Waals surface area (Å²) in [7, 11) is 0. The van der Waals surface area contributed by atoms with E-state index >= 15 is 0 Å².